The van der Waals surface area contributed by atoms with Gasteiger partial charge in [-0.1, -0.05) is 58.9 Å². The number of hydrogen-bond donors (Lipinski definition) is 2. The molecule has 1 rings (SSSR count). The van der Waals surface area contributed by atoms with Crippen LogP contribution in [0.3, 0.4) is 0 Å². The second kappa shape index (κ2) is 7.36. The van der Waals surface area contributed by atoms with E-state index in [1.54, 1.807) is 12.2 Å². The molecule has 0 spiro atoms. The minimum atomic E-state index is 0.141. The molecule has 1 aromatic carbocycles. The zero-order valence-corrected chi connectivity index (χ0v) is 13.7. The SMILES string of the molecule is C=C/C=C(\C=C)c1cc(/C(Cl)=C\N)c(N)cc1C(C)Br. The number of benzene rings is 1. The van der Waals surface area contributed by atoms with Crippen LogP contribution in [0.1, 0.15) is 28.4 Å². The highest BCUT2D eigenvalue weighted by molar-refractivity contribution is 9.09. The molecule has 0 saturated heterocycles. The minimum Gasteiger partial charge on any atom is -0.403 e. The molecule has 4 N–H and O–H groups in total. The normalized spacial score (nSPS) is 13.9. The first-order chi connectivity index (χ1) is 9.46. The number of hydrogen-bond acceptors (Lipinski definition) is 2. The quantitative estimate of drug-likeness (QED) is 0.446. The fourth-order valence-corrected chi connectivity index (χ4v) is 2.45. The zero-order valence-electron chi connectivity index (χ0n) is 11.4. The van der Waals surface area contributed by atoms with Gasteiger partial charge in [-0.05, 0) is 35.8 Å². The van der Waals surface area contributed by atoms with Crippen LogP contribution >= 0.6 is 27.5 Å². The number of nitrogen functional groups attached to an aromatic ring is 1. The lowest BCUT2D eigenvalue weighted by Gasteiger charge is -2.16. The molecule has 0 aliphatic heterocycles. The highest BCUT2D eigenvalue weighted by atomic mass is 79.9. The first-order valence-electron chi connectivity index (χ1n) is 6.07. The van der Waals surface area contributed by atoms with E-state index in [4.69, 9.17) is 23.1 Å². The van der Waals surface area contributed by atoms with E-state index >= 15 is 0 Å². The van der Waals surface area contributed by atoms with E-state index in [0.717, 1.165) is 16.7 Å². The van der Waals surface area contributed by atoms with Crippen LogP contribution in [0.2, 0.25) is 0 Å². The number of rotatable bonds is 5. The summed E-state index contributed by atoms with van der Waals surface area (Å²) in [5, 5.41) is 0.416. The molecule has 0 aliphatic carbocycles. The molecule has 0 saturated carbocycles. The monoisotopic (exact) mass is 352 g/mol. The highest BCUT2D eigenvalue weighted by Gasteiger charge is 2.15. The Morgan fingerprint density at radius 3 is 2.45 bits per heavy atom. The zero-order chi connectivity index (χ0) is 15.3. The Balaban J connectivity index is 3.65. The Morgan fingerprint density at radius 1 is 1.35 bits per heavy atom. The van der Waals surface area contributed by atoms with E-state index in [-0.39, 0.29) is 4.83 Å². The van der Waals surface area contributed by atoms with Crippen LogP contribution in [-0.4, -0.2) is 0 Å². The van der Waals surface area contributed by atoms with Crippen LogP contribution in [0.15, 0.2) is 49.7 Å². The smallest absolute Gasteiger partial charge is 0.0653 e. The van der Waals surface area contributed by atoms with E-state index in [0.29, 0.717) is 16.3 Å². The third-order valence-corrected chi connectivity index (χ3v) is 3.71. The van der Waals surface area contributed by atoms with Gasteiger partial charge >= 0.3 is 0 Å². The Morgan fingerprint density at radius 2 is 2.00 bits per heavy atom. The van der Waals surface area contributed by atoms with Gasteiger partial charge in [0.15, 0.2) is 0 Å². The van der Waals surface area contributed by atoms with Crippen molar-refractivity contribution in [3.8, 4) is 0 Å². The molecule has 1 aromatic rings. The fourth-order valence-electron chi connectivity index (χ4n) is 1.90. The second-order valence-electron chi connectivity index (χ2n) is 4.22. The molecule has 1 unspecified atom stereocenters. The molecule has 2 nitrogen and oxygen atoms in total. The van der Waals surface area contributed by atoms with E-state index in [9.17, 15) is 0 Å². The molecule has 0 heterocycles. The molecular weight excluding hydrogens is 336 g/mol. The summed E-state index contributed by atoms with van der Waals surface area (Å²) < 4.78 is 0. The summed E-state index contributed by atoms with van der Waals surface area (Å²) in [6.45, 7) is 9.60. The van der Waals surface area contributed by atoms with Crippen molar-refractivity contribution in [2.75, 3.05) is 5.73 Å². The van der Waals surface area contributed by atoms with E-state index in [1.165, 1.54) is 6.20 Å². The number of halogens is 2. The summed E-state index contributed by atoms with van der Waals surface area (Å²) in [7, 11) is 0. The van der Waals surface area contributed by atoms with Gasteiger partial charge in [-0.15, -0.1) is 0 Å². The highest BCUT2D eigenvalue weighted by Crippen LogP contribution is 2.36. The first kappa shape index (κ1) is 16.6. The van der Waals surface area contributed by atoms with Crippen molar-refractivity contribution in [2.24, 2.45) is 5.73 Å². The minimum absolute atomic E-state index is 0.141. The molecule has 20 heavy (non-hydrogen) atoms. The number of nitrogens with two attached hydrogens (primary N) is 2. The Bertz CT molecular complexity index is 586. The van der Waals surface area contributed by atoms with Crippen LogP contribution in [0.5, 0.6) is 0 Å². The average Bonchev–Trinajstić information content (AvgIpc) is 2.43. The van der Waals surface area contributed by atoms with Crippen molar-refractivity contribution in [3.05, 3.63) is 66.4 Å². The maximum Gasteiger partial charge on any atom is 0.0653 e. The van der Waals surface area contributed by atoms with Gasteiger partial charge in [0, 0.05) is 22.3 Å². The van der Waals surface area contributed by atoms with Crippen molar-refractivity contribution in [1.29, 1.82) is 0 Å². The topological polar surface area (TPSA) is 52.0 Å². The first-order valence-corrected chi connectivity index (χ1v) is 7.36. The van der Waals surface area contributed by atoms with Crippen LogP contribution in [0, 0.1) is 0 Å². The molecule has 0 aromatic heterocycles. The van der Waals surface area contributed by atoms with Gasteiger partial charge in [-0.25, -0.2) is 0 Å². The van der Waals surface area contributed by atoms with Crippen molar-refractivity contribution >= 4 is 43.8 Å². The average molecular weight is 354 g/mol. The molecule has 0 amide bonds. The summed E-state index contributed by atoms with van der Waals surface area (Å²) in [6, 6.07) is 3.82. The largest absolute Gasteiger partial charge is 0.403 e. The van der Waals surface area contributed by atoms with E-state index in [1.807, 2.05) is 25.1 Å². The molecule has 1 atom stereocenters. The van der Waals surface area contributed by atoms with Crippen molar-refractivity contribution in [2.45, 2.75) is 11.8 Å². The molecule has 0 aliphatic rings. The number of allylic oxidation sites excluding steroid dienone is 4. The number of anilines is 1. The predicted molar refractivity (Wildman–Crippen MR) is 94.6 cm³/mol. The van der Waals surface area contributed by atoms with Gasteiger partial charge in [0.2, 0.25) is 0 Å². The van der Waals surface area contributed by atoms with Crippen LogP contribution < -0.4 is 11.5 Å². The predicted octanol–water partition coefficient (Wildman–Crippen LogP) is 4.98. The van der Waals surface area contributed by atoms with Gasteiger partial charge in [0.25, 0.3) is 0 Å². The lowest BCUT2D eigenvalue weighted by Crippen LogP contribution is -2.00. The molecule has 4 heteroatoms. The Labute approximate surface area is 133 Å². The van der Waals surface area contributed by atoms with E-state index < -0.39 is 0 Å². The van der Waals surface area contributed by atoms with Crippen LogP contribution in [-0.2, 0) is 0 Å². The van der Waals surface area contributed by atoms with E-state index in [2.05, 4.69) is 29.1 Å². The van der Waals surface area contributed by atoms with Crippen molar-refractivity contribution in [1.82, 2.24) is 0 Å². The number of alkyl halides is 1. The molecule has 0 bridgehead atoms. The fraction of sp³-hybridized carbons (Fsp3) is 0.125. The second-order valence-corrected chi connectivity index (χ2v) is 6.00. The molecular formula is C16H18BrClN2. The van der Waals surface area contributed by atoms with Crippen molar-refractivity contribution in [3.63, 3.8) is 0 Å². The maximum atomic E-state index is 6.10. The summed E-state index contributed by atoms with van der Waals surface area (Å²) in [4.78, 5) is 0.141. The summed E-state index contributed by atoms with van der Waals surface area (Å²) in [5.74, 6) is 0. The van der Waals surface area contributed by atoms with Crippen LogP contribution in [0.25, 0.3) is 10.6 Å². The lowest BCUT2D eigenvalue weighted by molar-refractivity contribution is 1.11. The van der Waals surface area contributed by atoms with Gasteiger partial charge in [-0.3, -0.25) is 0 Å². The van der Waals surface area contributed by atoms with Gasteiger partial charge in [0.05, 0.1) is 5.03 Å². The molecule has 0 radical (unpaired) electrons. The Hall–Kier alpha value is -1.45. The Kier molecular flexibility index (Phi) is 6.11. The molecule has 106 valence electrons. The molecule has 0 fully saturated rings. The lowest BCUT2D eigenvalue weighted by atomic mass is 9.94. The van der Waals surface area contributed by atoms with Gasteiger partial charge in [-0.2, -0.15) is 0 Å². The van der Waals surface area contributed by atoms with Gasteiger partial charge in [0.1, 0.15) is 0 Å². The van der Waals surface area contributed by atoms with Crippen molar-refractivity contribution < 1.29 is 0 Å². The summed E-state index contributed by atoms with van der Waals surface area (Å²) >= 11 is 9.68. The summed E-state index contributed by atoms with van der Waals surface area (Å²) in [5.41, 5.74) is 15.8. The van der Waals surface area contributed by atoms with Gasteiger partial charge < -0.3 is 11.5 Å². The third-order valence-electron chi connectivity index (χ3n) is 2.88. The standard InChI is InChI=1S/C16H18BrClN2/c1-4-6-11(5-2)13-7-14(15(18)9-19)16(20)8-12(13)10(3)17/h4-10H,1-2,19-20H2,3H3/b11-6+,15-9+. The van der Waals surface area contributed by atoms with Crippen LogP contribution in [0.4, 0.5) is 5.69 Å². The summed E-state index contributed by atoms with van der Waals surface area (Å²) in [6.07, 6.45) is 6.71. The third kappa shape index (κ3) is 3.56. The maximum absolute atomic E-state index is 6.10.